The van der Waals surface area contributed by atoms with Crippen LogP contribution in [0.1, 0.15) is 20.8 Å². The van der Waals surface area contributed by atoms with E-state index in [2.05, 4.69) is 53.6 Å². The summed E-state index contributed by atoms with van der Waals surface area (Å²) in [6.45, 7) is 11.1. The van der Waals surface area contributed by atoms with E-state index in [0.29, 0.717) is 17.6 Å². The summed E-state index contributed by atoms with van der Waals surface area (Å²) in [4.78, 5) is 25.0. The van der Waals surface area contributed by atoms with Crippen molar-refractivity contribution in [1.82, 2.24) is 14.9 Å². The molecule has 0 unspecified atom stereocenters. The van der Waals surface area contributed by atoms with Gasteiger partial charge in [0.2, 0.25) is 0 Å². The highest BCUT2D eigenvalue weighted by molar-refractivity contribution is 9.10. The summed E-state index contributed by atoms with van der Waals surface area (Å²) in [5, 5.41) is 3.29. The zero-order valence-electron chi connectivity index (χ0n) is 10.8. The van der Waals surface area contributed by atoms with E-state index >= 15 is 0 Å². The number of nitrogens with zero attached hydrogens (tertiary/aromatic N) is 1. The second kappa shape index (κ2) is 5.67. The number of hydrogen-bond donors (Lipinski definition) is 2. The zero-order chi connectivity index (χ0) is 13.9. The van der Waals surface area contributed by atoms with Gasteiger partial charge in [0.25, 0.3) is 5.56 Å². The van der Waals surface area contributed by atoms with Crippen LogP contribution in [-0.2, 0) is 6.54 Å². The Morgan fingerprint density at radius 2 is 2.11 bits per heavy atom. The molecule has 100 valence electrons. The molecule has 0 aliphatic carbocycles. The largest absolute Gasteiger partial charge is 0.328 e. The minimum absolute atomic E-state index is 0.000510. The first-order valence-corrected chi connectivity index (χ1v) is 6.39. The molecular weight excluding hydrogens is 298 g/mol. The standard InChI is InChI=1S/C12H18BrN3O2/c1-8(5-14-12(2,3)4)6-16-7-9(13)10(17)15-11(16)18/h7,14H,1,5-6H2,2-4H3,(H,15,17,18). The molecule has 0 saturated carbocycles. The molecule has 0 atom stereocenters. The quantitative estimate of drug-likeness (QED) is 0.822. The van der Waals surface area contributed by atoms with Gasteiger partial charge in [0.1, 0.15) is 0 Å². The topological polar surface area (TPSA) is 66.9 Å². The molecule has 0 aliphatic rings. The van der Waals surface area contributed by atoms with Crippen LogP contribution in [-0.4, -0.2) is 21.6 Å². The third kappa shape index (κ3) is 4.62. The smallest absolute Gasteiger partial charge is 0.308 e. The molecule has 1 rings (SSSR count). The maximum atomic E-state index is 11.6. The summed E-state index contributed by atoms with van der Waals surface area (Å²) in [7, 11) is 0. The molecule has 0 saturated heterocycles. The molecule has 18 heavy (non-hydrogen) atoms. The third-order valence-electron chi connectivity index (χ3n) is 2.23. The Morgan fingerprint density at radius 3 is 2.67 bits per heavy atom. The van der Waals surface area contributed by atoms with Crippen molar-refractivity contribution >= 4 is 15.9 Å². The Kier molecular flexibility index (Phi) is 4.70. The van der Waals surface area contributed by atoms with Crippen molar-refractivity contribution in [1.29, 1.82) is 0 Å². The van der Waals surface area contributed by atoms with E-state index in [1.807, 2.05) is 0 Å². The molecular formula is C12H18BrN3O2. The minimum atomic E-state index is -0.430. The van der Waals surface area contributed by atoms with Gasteiger partial charge in [0.15, 0.2) is 0 Å². The van der Waals surface area contributed by atoms with Crippen LogP contribution in [0.3, 0.4) is 0 Å². The third-order valence-corrected chi connectivity index (χ3v) is 2.79. The van der Waals surface area contributed by atoms with Gasteiger partial charge in [-0.2, -0.15) is 0 Å². The predicted octanol–water partition coefficient (Wildman–Crippen LogP) is 1.24. The molecule has 0 fully saturated rings. The monoisotopic (exact) mass is 315 g/mol. The minimum Gasteiger partial charge on any atom is -0.308 e. The fourth-order valence-corrected chi connectivity index (χ4v) is 1.63. The molecule has 2 N–H and O–H groups in total. The zero-order valence-corrected chi connectivity index (χ0v) is 12.4. The van der Waals surface area contributed by atoms with Crippen LogP contribution in [0, 0.1) is 0 Å². The van der Waals surface area contributed by atoms with Gasteiger partial charge in [-0.05, 0) is 42.3 Å². The van der Waals surface area contributed by atoms with Gasteiger partial charge in [-0.25, -0.2) is 4.79 Å². The van der Waals surface area contributed by atoms with E-state index in [9.17, 15) is 9.59 Å². The Balaban J connectivity index is 2.74. The van der Waals surface area contributed by atoms with Crippen molar-refractivity contribution in [3.05, 3.63) is 43.7 Å². The van der Waals surface area contributed by atoms with Crippen LogP contribution in [0.5, 0.6) is 0 Å². The Hall–Kier alpha value is -1.14. The molecule has 0 spiro atoms. The van der Waals surface area contributed by atoms with Crippen LogP contribution < -0.4 is 16.6 Å². The van der Waals surface area contributed by atoms with Gasteiger partial charge in [-0.3, -0.25) is 14.3 Å². The number of rotatable bonds is 4. The van der Waals surface area contributed by atoms with Gasteiger partial charge in [0, 0.05) is 24.8 Å². The lowest BCUT2D eigenvalue weighted by atomic mass is 10.1. The van der Waals surface area contributed by atoms with E-state index in [0.717, 1.165) is 5.57 Å². The van der Waals surface area contributed by atoms with E-state index in [1.165, 1.54) is 10.8 Å². The predicted molar refractivity (Wildman–Crippen MR) is 75.9 cm³/mol. The van der Waals surface area contributed by atoms with Crippen molar-refractivity contribution in [3.8, 4) is 0 Å². The molecule has 5 nitrogen and oxygen atoms in total. The summed E-state index contributed by atoms with van der Waals surface area (Å²) in [5.41, 5.74) is 0.0141. The first kappa shape index (κ1) is 14.9. The second-order valence-electron chi connectivity index (χ2n) is 5.22. The summed E-state index contributed by atoms with van der Waals surface area (Å²) in [6, 6.07) is 0. The van der Waals surface area contributed by atoms with E-state index < -0.39 is 11.2 Å². The highest BCUT2D eigenvalue weighted by atomic mass is 79.9. The molecule has 0 radical (unpaired) electrons. The van der Waals surface area contributed by atoms with Gasteiger partial charge < -0.3 is 5.32 Å². The van der Waals surface area contributed by atoms with E-state index in [1.54, 1.807) is 0 Å². The fourth-order valence-electron chi connectivity index (χ4n) is 1.29. The average Bonchev–Trinajstić information content (AvgIpc) is 2.22. The van der Waals surface area contributed by atoms with Crippen molar-refractivity contribution in [2.75, 3.05) is 6.54 Å². The molecule has 0 amide bonds. The summed E-state index contributed by atoms with van der Waals surface area (Å²) in [6.07, 6.45) is 1.48. The second-order valence-corrected chi connectivity index (χ2v) is 6.07. The van der Waals surface area contributed by atoms with E-state index in [-0.39, 0.29) is 5.54 Å². The van der Waals surface area contributed by atoms with Gasteiger partial charge in [0.05, 0.1) is 4.47 Å². The number of aromatic nitrogens is 2. The van der Waals surface area contributed by atoms with Crippen LogP contribution in [0.2, 0.25) is 0 Å². The Labute approximate surface area is 114 Å². The fraction of sp³-hybridized carbons (Fsp3) is 0.500. The lowest BCUT2D eigenvalue weighted by molar-refractivity contribution is 0.439. The molecule has 0 aromatic carbocycles. The maximum Gasteiger partial charge on any atom is 0.328 e. The molecule has 0 aliphatic heterocycles. The normalized spacial score (nSPS) is 11.6. The van der Waals surface area contributed by atoms with Crippen molar-refractivity contribution in [3.63, 3.8) is 0 Å². The lowest BCUT2D eigenvalue weighted by Gasteiger charge is -2.21. The van der Waals surface area contributed by atoms with Crippen molar-refractivity contribution < 1.29 is 0 Å². The highest BCUT2D eigenvalue weighted by Gasteiger charge is 2.09. The SMILES string of the molecule is C=C(CNC(C)(C)C)Cn1cc(Br)c(=O)[nH]c1=O. The van der Waals surface area contributed by atoms with Crippen LogP contribution in [0.25, 0.3) is 0 Å². The molecule has 1 aromatic rings. The highest BCUT2D eigenvalue weighted by Crippen LogP contribution is 2.03. The van der Waals surface area contributed by atoms with Crippen LogP contribution in [0.15, 0.2) is 32.4 Å². The number of aromatic amines is 1. The molecule has 1 heterocycles. The van der Waals surface area contributed by atoms with Crippen molar-refractivity contribution in [2.24, 2.45) is 0 Å². The molecule has 1 aromatic heterocycles. The number of H-pyrrole nitrogens is 1. The number of halogens is 1. The van der Waals surface area contributed by atoms with Gasteiger partial charge in [-0.1, -0.05) is 6.58 Å². The molecule has 6 heteroatoms. The van der Waals surface area contributed by atoms with Crippen LogP contribution >= 0.6 is 15.9 Å². The Morgan fingerprint density at radius 1 is 1.50 bits per heavy atom. The van der Waals surface area contributed by atoms with Crippen LogP contribution in [0.4, 0.5) is 0 Å². The first-order valence-electron chi connectivity index (χ1n) is 5.60. The van der Waals surface area contributed by atoms with Crippen molar-refractivity contribution in [2.45, 2.75) is 32.9 Å². The van der Waals surface area contributed by atoms with Gasteiger partial charge >= 0.3 is 5.69 Å². The average molecular weight is 316 g/mol. The number of nitrogens with one attached hydrogen (secondary N) is 2. The summed E-state index contributed by atoms with van der Waals surface area (Å²) < 4.78 is 1.75. The summed E-state index contributed by atoms with van der Waals surface area (Å²) >= 11 is 3.09. The van der Waals surface area contributed by atoms with Gasteiger partial charge in [-0.15, -0.1) is 0 Å². The lowest BCUT2D eigenvalue weighted by Crippen LogP contribution is -2.38. The first-order chi connectivity index (χ1) is 8.19. The number of hydrogen-bond acceptors (Lipinski definition) is 3. The molecule has 0 bridgehead atoms. The Bertz CT molecular complexity index is 552. The summed E-state index contributed by atoms with van der Waals surface area (Å²) in [5.74, 6) is 0. The maximum absolute atomic E-state index is 11.6. The van der Waals surface area contributed by atoms with E-state index in [4.69, 9.17) is 0 Å².